The zero-order valence-electron chi connectivity index (χ0n) is 9.43. The maximum Gasteiger partial charge on any atom is 0.374 e. The van der Waals surface area contributed by atoms with Crippen LogP contribution in [0.5, 0.6) is 0 Å². The number of oxime groups is 1. The van der Waals surface area contributed by atoms with E-state index in [4.69, 9.17) is 13.9 Å². The van der Waals surface area contributed by atoms with E-state index in [2.05, 4.69) is 5.16 Å². The summed E-state index contributed by atoms with van der Waals surface area (Å²) in [5.41, 5.74) is 0.902. The van der Waals surface area contributed by atoms with E-state index in [-0.39, 0.29) is 0 Å². The summed E-state index contributed by atoms with van der Waals surface area (Å²) in [6, 6.07) is 0. The standard InChI is InChI=1S/C9H18NO4P/c1-4-8-7-9(14-10-8)15(11,12-5-2)13-6-3/h9H,4-7H2,1-3H3/t9-/m1/s1. The lowest BCUT2D eigenvalue weighted by molar-refractivity contribution is 0.0958. The van der Waals surface area contributed by atoms with Gasteiger partial charge in [-0.1, -0.05) is 12.1 Å². The Morgan fingerprint density at radius 3 is 2.40 bits per heavy atom. The Bertz CT molecular complexity index is 269. The third-order valence-corrected chi connectivity index (χ3v) is 4.31. The van der Waals surface area contributed by atoms with Crippen molar-refractivity contribution in [3.05, 3.63) is 0 Å². The largest absolute Gasteiger partial charge is 0.379 e. The fourth-order valence-electron chi connectivity index (χ4n) is 1.35. The molecular weight excluding hydrogens is 217 g/mol. The van der Waals surface area contributed by atoms with Crippen LogP contribution in [0.4, 0.5) is 0 Å². The summed E-state index contributed by atoms with van der Waals surface area (Å²) >= 11 is 0. The molecule has 1 atom stereocenters. The molecule has 0 spiro atoms. The van der Waals surface area contributed by atoms with Gasteiger partial charge in [-0.2, -0.15) is 0 Å². The van der Waals surface area contributed by atoms with Crippen molar-refractivity contribution in [1.82, 2.24) is 0 Å². The molecule has 0 unspecified atom stereocenters. The smallest absolute Gasteiger partial charge is 0.374 e. The molecule has 88 valence electrons. The van der Waals surface area contributed by atoms with E-state index in [1.54, 1.807) is 13.8 Å². The monoisotopic (exact) mass is 235 g/mol. The minimum atomic E-state index is -3.15. The maximum absolute atomic E-state index is 12.2. The van der Waals surface area contributed by atoms with Gasteiger partial charge in [0.2, 0.25) is 5.85 Å². The summed E-state index contributed by atoms with van der Waals surface area (Å²) < 4.78 is 22.6. The Balaban J connectivity index is 2.63. The highest BCUT2D eigenvalue weighted by Gasteiger charge is 2.41. The molecule has 0 bridgehead atoms. The first-order chi connectivity index (χ1) is 7.16. The van der Waals surface area contributed by atoms with Crippen LogP contribution in [-0.2, 0) is 18.5 Å². The highest BCUT2D eigenvalue weighted by atomic mass is 31.2. The van der Waals surface area contributed by atoms with Gasteiger partial charge in [-0.05, 0) is 20.3 Å². The topological polar surface area (TPSA) is 57.1 Å². The van der Waals surface area contributed by atoms with Crippen LogP contribution in [-0.4, -0.2) is 24.8 Å². The number of rotatable bonds is 6. The summed E-state index contributed by atoms with van der Waals surface area (Å²) in [7, 11) is -3.15. The number of hydrogen-bond donors (Lipinski definition) is 0. The predicted molar refractivity (Wildman–Crippen MR) is 58.1 cm³/mol. The van der Waals surface area contributed by atoms with Gasteiger partial charge in [-0.15, -0.1) is 0 Å². The zero-order valence-corrected chi connectivity index (χ0v) is 10.3. The highest BCUT2D eigenvalue weighted by molar-refractivity contribution is 7.54. The van der Waals surface area contributed by atoms with Crippen molar-refractivity contribution in [3.63, 3.8) is 0 Å². The van der Waals surface area contributed by atoms with Gasteiger partial charge in [-0.3, -0.25) is 4.57 Å². The van der Waals surface area contributed by atoms with Crippen LogP contribution in [0.3, 0.4) is 0 Å². The van der Waals surface area contributed by atoms with Gasteiger partial charge in [0.15, 0.2) is 0 Å². The first kappa shape index (κ1) is 12.7. The molecule has 0 saturated carbocycles. The van der Waals surface area contributed by atoms with Crippen molar-refractivity contribution in [2.45, 2.75) is 39.5 Å². The van der Waals surface area contributed by atoms with Crippen LogP contribution in [0.2, 0.25) is 0 Å². The molecule has 15 heavy (non-hydrogen) atoms. The van der Waals surface area contributed by atoms with Crippen molar-refractivity contribution in [2.24, 2.45) is 5.16 Å². The van der Waals surface area contributed by atoms with E-state index >= 15 is 0 Å². The molecule has 0 radical (unpaired) electrons. The average Bonchev–Trinajstić information content (AvgIpc) is 2.67. The maximum atomic E-state index is 12.2. The Morgan fingerprint density at radius 2 is 2.00 bits per heavy atom. The SMILES string of the molecule is CCOP(=O)(OCC)[C@@H]1CC(CC)=NO1. The molecule has 1 rings (SSSR count). The second kappa shape index (κ2) is 5.64. The lowest BCUT2D eigenvalue weighted by atomic mass is 10.2. The minimum Gasteiger partial charge on any atom is -0.379 e. The van der Waals surface area contributed by atoms with Crippen molar-refractivity contribution in [3.8, 4) is 0 Å². The van der Waals surface area contributed by atoms with Gasteiger partial charge in [0, 0.05) is 6.42 Å². The summed E-state index contributed by atoms with van der Waals surface area (Å²) in [5.74, 6) is -0.563. The van der Waals surface area contributed by atoms with Gasteiger partial charge >= 0.3 is 7.60 Å². The second-order valence-corrected chi connectivity index (χ2v) is 5.32. The molecule has 0 fully saturated rings. The third kappa shape index (κ3) is 3.03. The average molecular weight is 235 g/mol. The van der Waals surface area contributed by atoms with Gasteiger partial charge in [0.25, 0.3) is 0 Å². The molecule has 1 heterocycles. The van der Waals surface area contributed by atoms with Crippen LogP contribution in [0, 0.1) is 0 Å². The van der Waals surface area contributed by atoms with Crippen LogP contribution >= 0.6 is 7.60 Å². The number of hydrogen-bond acceptors (Lipinski definition) is 5. The summed E-state index contributed by atoms with van der Waals surface area (Å²) in [5, 5.41) is 3.85. The molecule has 1 aliphatic heterocycles. The molecule has 6 heteroatoms. The summed E-state index contributed by atoms with van der Waals surface area (Å²) in [6.07, 6.45) is 1.34. The Morgan fingerprint density at radius 1 is 1.40 bits per heavy atom. The van der Waals surface area contributed by atoms with E-state index in [0.29, 0.717) is 19.6 Å². The summed E-state index contributed by atoms with van der Waals surface area (Å²) in [6.45, 7) is 6.23. The van der Waals surface area contributed by atoms with Crippen molar-refractivity contribution in [2.75, 3.05) is 13.2 Å². The Labute approximate surface area is 90.3 Å². The fourth-order valence-corrected chi connectivity index (χ4v) is 3.08. The van der Waals surface area contributed by atoms with Gasteiger partial charge in [-0.25, -0.2) is 0 Å². The quantitative estimate of drug-likeness (QED) is 0.664. The van der Waals surface area contributed by atoms with Crippen molar-refractivity contribution < 1.29 is 18.5 Å². The fraction of sp³-hybridized carbons (Fsp3) is 0.889. The molecule has 1 aliphatic rings. The molecule has 0 aromatic heterocycles. The zero-order chi connectivity index (χ0) is 11.3. The third-order valence-electron chi connectivity index (χ3n) is 2.09. The van der Waals surface area contributed by atoms with Crippen LogP contribution in [0.25, 0.3) is 0 Å². The second-order valence-electron chi connectivity index (χ2n) is 3.15. The van der Waals surface area contributed by atoms with Crippen molar-refractivity contribution >= 4 is 13.3 Å². The molecular formula is C9H18NO4P. The molecule has 0 amide bonds. The van der Waals surface area contributed by atoms with E-state index < -0.39 is 13.4 Å². The van der Waals surface area contributed by atoms with E-state index in [0.717, 1.165) is 12.1 Å². The lowest BCUT2D eigenvalue weighted by Crippen LogP contribution is -2.13. The summed E-state index contributed by atoms with van der Waals surface area (Å²) in [4.78, 5) is 5.10. The van der Waals surface area contributed by atoms with Crippen LogP contribution < -0.4 is 0 Å². The Kier molecular flexibility index (Phi) is 4.77. The lowest BCUT2D eigenvalue weighted by Gasteiger charge is -2.20. The van der Waals surface area contributed by atoms with Crippen LogP contribution in [0.1, 0.15) is 33.6 Å². The molecule has 0 aliphatic carbocycles. The van der Waals surface area contributed by atoms with Gasteiger partial charge in [0.05, 0.1) is 18.9 Å². The van der Waals surface area contributed by atoms with E-state index in [1.807, 2.05) is 6.92 Å². The minimum absolute atomic E-state index is 0.346. The molecule has 5 nitrogen and oxygen atoms in total. The molecule has 0 aromatic rings. The first-order valence-electron chi connectivity index (χ1n) is 5.26. The molecule has 0 saturated heterocycles. The number of nitrogens with zero attached hydrogens (tertiary/aromatic N) is 1. The van der Waals surface area contributed by atoms with Crippen molar-refractivity contribution in [1.29, 1.82) is 0 Å². The Hall–Kier alpha value is -0.380. The van der Waals surface area contributed by atoms with Gasteiger partial charge in [0.1, 0.15) is 0 Å². The van der Waals surface area contributed by atoms with E-state index in [1.165, 1.54) is 0 Å². The molecule has 0 N–H and O–H groups in total. The predicted octanol–water partition coefficient (Wildman–Crippen LogP) is 2.76. The van der Waals surface area contributed by atoms with E-state index in [9.17, 15) is 4.57 Å². The first-order valence-corrected chi connectivity index (χ1v) is 6.87. The van der Waals surface area contributed by atoms with Gasteiger partial charge < -0.3 is 13.9 Å². The molecule has 0 aromatic carbocycles. The highest BCUT2D eigenvalue weighted by Crippen LogP contribution is 2.56. The normalized spacial score (nSPS) is 21.3. The van der Waals surface area contributed by atoms with Crippen LogP contribution in [0.15, 0.2) is 5.16 Å².